The van der Waals surface area contributed by atoms with E-state index < -0.39 is 11.9 Å². The van der Waals surface area contributed by atoms with Crippen LogP contribution in [-0.2, 0) is 28.7 Å². The fourth-order valence-corrected chi connectivity index (χ4v) is 1.84. The summed E-state index contributed by atoms with van der Waals surface area (Å²) in [5.41, 5.74) is 4.50. The lowest BCUT2D eigenvalue weighted by atomic mass is 10.2. The maximum Gasteiger partial charge on any atom is 0.306 e. The SMILES string of the molecule is C.C.CC.CC.CCOC(=O)CCC(=O)CC.CCOC(=O)CCC(=O)[O-].CC[NH+](CC)CC.CN.[2H]CC.[2H]CC.[3H]OC.[3H]OC. The quantitative estimate of drug-likeness (QED) is 0.218. The number of rotatable bonds is 12. The molecule has 11 nitrogen and oxygen atoms in total. The number of carboxylic acids is 1. The van der Waals surface area contributed by atoms with Gasteiger partial charge < -0.3 is 40.2 Å². The Labute approximate surface area is 282 Å². The largest absolute Gasteiger partial charge is 0.550 e. The lowest BCUT2D eigenvalue weighted by Crippen LogP contribution is -3.11. The van der Waals surface area contributed by atoms with E-state index in [0.717, 1.165) is 0 Å². The molecular formula is C33H84N2O9. The summed E-state index contributed by atoms with van der Waals surface area (Å²) in [6.07, 6.45) is 0.671. The number of aliphatic carboxylic acids is 1. The van der Waals surface area contributed by atoms with E-state index in [1.54, 1.807) is 39.5 Å². The molecule has 0 fully saturated rings. The van der Waals surface area contributed by atoms with Crippen LogP contribution in [0.25, 0.3) is 0 Å². The number of esters is 2. The Balaban J connectivity index is -0.0000000323. The molecule has 11 heteroatoms. The van der Waals surface area contributed by atoms with Crippen LogP contribution in [0.4, 0.5) is 0 Å². The zero-order valence-electron chi connectivity index (χ0n) is 34.2. The first kappa shape index (κ1) is 61.0. The minimum Gasteiger partial charge on any atom is -0.550 e. The first-order valence-electron chi connectivity index (χ1n) is 17.1. The van der Waals surface area contributed by atoms with Gasteiger partial charge in [-0.1, -0.05) is 77.1 Å². The van der Waals surface area contributed by atoms with Gasteiger partial charge in [0.2, 0.25) is 2.86 Å². The van der Waals surface area contributed by atoms with Gasteiger partial charge in [-0.15, -0.1) is 0 Å². The molecule has 0 saturated carbocycles. The van der Waals surface area contributed by atoms with Gasteiger partial charge in [-0.05, 0) is 48.1 Å². The average molecular weight is 659 g/mol. The molecule has 0 atom stereocenters. The van der Waals surface area contributed by atoms with E-state index in [4.69, 9.17) is 5.60 Å². The molecule has 0 rings (SSSR count). The number of nitrogens with one attached hydrogen (secondary N) is 1. The maximum atomic E-state index is 10.7. The van der Waals surface area contributed by atoms with Gasteiger partial charge in [0.25, 0.3) is 0 Å². The third-order valence-corrected chi connectivity index (χ3v) is 3.65. The van der Waals surface area contributed by atoms with Crippen LogP contribution in [0.3, 0.4) is 0 Å². The van der Waals surface area contributed by atoms with Gasteiger partial charge in [-0.2, -0.15) is 0 Å². The molecule has 5 N–H and O–H groups in total. The number of ketones is 1. The smallest absolute Gasteiger partial charge is 0.306 e. The lowest BCUT2D eigenvalue weighted by Gasteiger charge is -2.10. The highest BCUT2D eigenvalue weighted by Crippen LogP contribution is 1.96. The molecule has 44 heavy (non-hydrogen) atoms. The minimum atomic E-state index is -1.23. The topological polar surface area (TPSA) is 181 Å². The van der Waals surface area contributed by atoms with Gasteiger partial charge in [0.1, 0.15) is 5.78 Å². The van der Waals surface area contributed by atoms with Gasteiger partial charge in [-0.3, -0.25) is 14.4 Å². The number of nitrogens with two attached hydrogens (primary N) is 1. The summed E-state index contributed by atoms with van der Waals surface area (Å²) in [5.74, 6) is -1.90. The van der Waals surface area contributed by atoms with Crippen LogP contribution in [0.2, 0.25) is 0 Å². The summed E-state index contributed by atoms with van der Waals surface area (Å²) in [6, 6.07) is 0. The molecule has 0 aliphatic carbocycles. The highest BCUT2D eigenvalue weighted by atomic mass is 16.5. The summed E-state index contributed by atoms with van der Waals surface area (Å²) < 4.78 is 32.9. The number of aliphatic hydroxyl groups excluding tert-OH is 2. The Bertz CT molecular complexity index is 496. The molecule has 0 amide bonds. The molecule has 0 saturated heterocycles. The van der Waals surface area contributed by atoms with Crippen LogP contribution >= 0.6 is 0 Å². The van der Waals surface area contributed by atoms with Gasteiger partial charge in [0.05, 0.1) is 45.7 Å². The number of hydrogen-bond acceptors (Lipinski definition) is 10. The first-order chi connectivity index (χ1) is 21.9. The van der Waals surface area contributed by atoms with E-state index in [2.05, 4.69) is 46.2 Å². The third kappa shape index (κ3) is 126. The first-order valence-corrected chi connectivity index (χ1v) is 14.9. The Hall–Kier alpha value is -2.08. The zero-order chi connectivity index (χ0) is 39.2. The Morgan fingerprint density at radius 1 is 0.705 bits per heavy atom. The zero-order valence-corrected chi connectivity index (χ0v) is 30.2. The third-order valence-electron chi connectivity index (χ3n) is 3.65. The van der Waals surface area contributed by atoms with Crippen molar-refractivity contribution < 1.29 is 51.6 Å². The van der Waals surface area contributed by atoms with E-state index >= 15 is 0 Å². The van der Waals surface area contributed by atoms with Crippen molar-refractivity contribution in [3.05, 3.63) is 0 Å². The van der Waals surface area contributed by atoms with Crippen LogP contribution in [0.15, 0.2) is 0 Å². The molecule has 0 aliphatic heterocycles. The molecule has 0 aromatic heterocycles. The van der Waals surface area contributed by atoms with Crippen molar-refractivity contribution in [3.8, 4) is 0 Å². The van der Waals surface area contributed by atoms with Crippen LogP contribution < -0.4 is 15.7 Å². The van der Waals surface area contributed by atoms with E-state index in [1.807, 2.05) is 27.7 Å². The molecule has 0 heterocycles. The van der Waals surface area contributed by atoms with Gasteiger partial charge in [0.15, 0.2) is 0 Å². The number of carbonyl (C=O) groups excluding carboxylic acids is 4. The molecule has 0 bridgehead atoms. The maximum absolute atomic E-state index is 10.7. The van der Waals surface area contributed by atoms with E-state index in [-0.39, 0.29) is 52.5 Å². The molecule has 0 aliphatic rings. The second-order valence-corrected chi connectivity index (χ2v) is 5.68. The number of ether oxygens (including phenoxy) is 2. The van der Waals surface area contributed by atoms with Crippen molar-refractivity contribution in [2.45, 2.75) is 144 Å². The summed E-state index contributed by atoms with van der Waals surface area (Å²) in [7, 11) is 4.08. The fourth-order valence-electron chi connectivity index (χ4n) is 1.84. The van der Waals surface area contributed by atoms with Crippen LogP contribution in [0.1, 0.15) is 147 Å². The summed E-state index contributed by atoms with van der Waals surface area (Å²) in [5, 5.41) is 16.8. The number of quaternary nitrogens is 1. The molecule has 0 aromatic rings. The van der Waals surface area contributed by atoms with Crippen LogP contribution in [-0.4, -0.2) is 90.9 Å². The fraction of sp³-hybridized carbons (Fsp3) is 0.879. The molecule has 0 unspecified atom stereocenters. The normalized spacial score (nSPS) is 8.11. The standard InChI is InChI=1S/C8H14O3.C6H15N.C6H10O4.4C2H6.CH5N.2CH4O.2CH4/c1-3-7(9)5-6-8(10)11-4-2;1-4-7(5-2)6-3;1-2-10-6(9)4-3-5(7)8;7*1-2;;/h3-6H2,1-2H3;4-6H2,1-3H3;2-4H2,1H3,(H,7,8);4*1-2H3;2H2,1H3;2*2H,1H3;2*1H4/i;;;2*1D;;;;2*2T;;. The Kier molecular flexibility index (Phi) is 146. The second kappa shape index (κ2) is 105. The van der Waals surface area contributed by atoms with Crippen molar-refractivity contribution in [2.75, 3.05) is 54.1 Å². The van der Waals surface area contributed by atoms with Crippen molar-refractivity contribution >= 4 is 23.7 Å². The van der Waals surface area contributed by atoms with E-state index in [9.17, 15) is 24.3 Å². The van der Waals surface area contributed by atoms with Crippen molar-refractivity contribution in [3.63, 3.8) is 0 Å². The monoisotopic (exact) mass is 659 g/mol. The van der Waals surface area contributed by atoms with Crippen LogP contribution in [0, 0.1) is 0 Å². The van der Waals surface area contributed by atoms with Crippen molar-refractivity contribution in [2.24, 2.45) is 5.73 Å². The number of carboxylic acid groups (broad SMARTS) is 1. The van der Waals surface area contributed by atoms with Gasteiger partial charge in [0, 0.05) is 35.8 Å². The minimum absolute atomic E-state index is 0. The highest BCUT2D eigenvalue weighted by molar-refractivity contribution is 5.82. The van der Waals surface area contributed by atoms with Crippen molar-refractivity contribution in [1.29, 1.82) is 2.86 Å². The molecule has 0 aromatic carbocycles. The summed E-state index contributed by atoms with van der Waals surface area (Å²) >= 11 is 0. The van der Waals surface area contributed by atoms with Gasteiger partial charge in [-0.25, -0.2) is 0 Å². The highest BCUT2D eigenvalue weighted by Gasteiger charge is 2.04. The lowest BCUT2D eigenvalue weighted by molar-refractivity contribution is -0.894. The summed E-state index contributed by atoms with van der Waals surface area (Å²) in [4.78, 5) is 43.3. The number of Topliss-reactive ketones (excluding diaryl/α,β-unsaturated/α-hetero) is 1. The molecule has 0 radical (unpaired) electrons. The van der Waals surface area contributed by atoms with Crippen molar-refractivity contribution in [1.82, 2.24) is 0 Å². The van der Waals surface area contributed by atoms with E-state index in [1.165, 1.54) is 40.9 Å². The van der Waals surface area contributed by atoms with E-state index in [0.29, 0.717) is 33.2 Å². The van der Waals surface area contributed by atoms with Crippen LogP contribution in [0.5, 0.6) is 0 Å². The predicted molar refractivity (Wildman–Crippen MR) is 190 cm³/mol. The number of carbonyl (C=O) groups is 4. The molecular weight excluding hydrogens is 568 g/mol. The Morgan fingerprint density at radius 3 is 1.11 bits per heavy atom. The van der Waals surface area contributed by atoms with Gasteiger partial charge >= 0.3 is 11.9 Å². The number of hydrogen-bond donors (Lipinski definition) is 4. The number of aliphatic hydroxyl groups is 2. The second-order valence-electron chi connectivity index (χ2n) is 5.68. The Morgan fingerprint density at radius 2 is 0.955 bits per heavy atom. The molecule has 0 spiro atoms. The average Bonchev–Trinajstić information content (AvgIpc) is 3.05. The predicted octanol–water partition coefficient (Wildman–Crippen LogP) is 4.49. The summed E-state index contributed by atoms with van der Waals surface area (Å²) in [6.45, 7) is 28.9. The molecule has 280 valence electrons.